The van der Waals surface area contributed by atoms with Crippen LogP contribution in [0.1, 0.15) is 26.2 Å². The van der Waals surface area contributed by atoms with Crippen molar-refractivity contribution in [2.24, 2.45) is 7.05 Å². The Bertz CT molecular complexity index is 418. The third-order valence-corrected chi connectivity index (χ3v) is 2.18. The SMILES string of the molecule is CCCCC(NC(=O)Nc1nnn(C)n1)C(=O)O. The number of carboxylic acid groups (broad SMARTS) is 1. The fourth-order valence-electron chi connectivity index (χ4n) is 1.30. The van der Waals surface area contributed by atoms with Crippen LogP contribution < -0.4 is 10.6 Å². The molecule has 0 aliphatic carbocycles. The number of hydrogen-bond acceptors (Lipinski definition) is 5. The van der Waals surface area contributed by atoms with E-state index in [1.807, 2.05) is 6.92 Å². The number of amides is 2. The van der Waals surface area contributed by atoms with Crippen LogP contribution >= 0.6 is 0 Å². The number of anilines is 1. The standard InChI is InChI=1S/C9H16N6O3/c1-3-4-5-6(7(16)17)10-9(18)11-8-12-14-15(2)13-8/h6H,3-5H2,1-2H3,(H,16,17)(H2,10,11,13,18). The molecule has 3 N–H and O–H groups in total. The first-order valence-corrected chi connectivity index (χ1v) is 5.57. The van der Waals surface area contributed by atoms with E-state index < -0.39 is 18.0 Å². The summed E-state index contributed by atoms with van der Waals surface area (Å²) >= 11 is 0. The summed E-state index contributed by atoms with van der Waals surface area (Å²) in [4.78, 5) is 23.6. The Labute approximate surface area is 104 Å². The predicted molar refractivity (Wildman–Crippen MR) is 61.9 cm³/mol. The average molecular weight is 256 g/mol. The number of nitrogens with zero attached hydrogens (tertiary/aromatic N) is 4. The highest BCUT2D eigenvalue weighted by Gasteiger charge is 2.19. The Morgan fingerprint density at radius 1 is 1.50 bits per heavy atom. The smallest absolute Gasteiger partial charge is 0.326 e. The van der Waals surface area contributed by atoms with Gasteiger partial charge in [-0.15, -0.1) is 5.10 Å². The van der Waals surface area contributed by atoms with Crippen molar-refractivity contribution in [3.05, 3.63) is 0 Å². The molecule has 2 amide bonds. The molecule has 100 valence electrons. The zero-order chi connectivity index (χ0) is 13.5. The fourth-order valence-corrected chi connectivity index (χ4v) is 1.30. The summed E-state index contributed by atoms with van der Waals surface area (Å²) < 4.78 is 0. The molecule has 1 aromatic heterocycles. The molecular formula is C9H16N6O3. The lowest BCUT2D eigenvalue weighted by atomic mass is 10.1. The van der Waals surface area contributed by atoms with Crippen LogP contribution in [0, 0.1) is 0 Å². The number of aryl methyl sites for hydroxylation is 1. The van der Waals surface area contributed by atoms with Gasteiger partial charge in [-0.3, -0.25) is 5.32 Å². The zero-order valence-corrected chi connectivity index (χ0v) is 10.3. The molecule has 0 bridgehead atoms. The summed E-state index contributed by atoms with van der Waals surface area (Å²) in [6.07, 6.45) is 1.96. The minimum Gasteiger partial charge on any atom is -0.480 e. The second-order valence-electron chi connectivity index (χ2n) is 3.73. The van der Waals surface area contributed by atoms with Crippen molar-refractivity contribution in [2.75, 3.05) is 5.32 Å². The lowest BCUT2D eigenvalue weighted by Gasteiger charge is -2.13. The minimum atomic E-state index is -1.06. The van der Waals surface area contributed by atoms with E-state index in [1.54, 1.807) is 7.05 Å². The Balaban J connectivity index is 2.48. The van der Waals surface area contributed by atoms with Gasteiger partial charge in [0.15, 0.2) is 0 Å². The van der Waals surface area contributed by atoms with Crippen LogP contribution in [0.3, 0.4) is 0 Å². The monoisotopic (exact) mass is 256 g/mol. The van der Waals surface area contributed by atoms with Crippen LogP contribution in [0.5, 0.6) is 0 Å². The summed E-state index contributed by atoms with van der Waals surface area (Å²) in [7, 11) is 1.55. The molecule has 0 aliphatic heterocycles. The van der Waals surface area contributed by atoms with Crippen molar-refractivity contribution in [3.63, 3.8) is 0 Å². The lowest BCUT2D eigenvalue weighted by molar-refractivity contribution is -0.139. The van der Waals surface area contributed by atoms with Gasteiger partial charge in [0.2, 0.25) is 0 Å². The number of nitrogens with one attached hydrogen (secondary N) is 2. The van der Waals surface area contributed by atoms with Crippen molar-refractivity contribution in [3.8, 4) is 0 Å². The molecule has 1 rings (SSSR count). The summed E-state index contributed by atoms with van der Waals surface area (Å²) in [5.41, 5.74) is 0. The van der Waals surface area contributed by atoms with Gasteiger partial charge in [0.25, 0.3) is 5.95 Å². The Morgan fingerprint density at radius 3 is 2.72 bits per heavy atom. The van der Waals surface area contributed by atoms with Crippen molar-refractivity contribution in [1.29, 1.82) is 0 Å². The van der Waals surface area contributed by atoms with Crippen LogP contribution in [0.15, 0.2) is 0 Å². The van der Waals surface area contributed by atoms with E-state index in [9.17, 15) is 9.59 Å². The molecule has 0 saturated carbocycles. The third-order valence-electron chi connectivity index (χ3n) is 2.18. The molecule has 0 aromatic carbocycles. The van der Waals surface area contributed by atoms with Crippen LogP contribution in [0.25, 0.3) is 0 Å². The van der Waals surface area contributed by atoms with Gasteiger partial charge in [-0.05, 0) is 11.6 Å². The summed E-state index contributed by atoms with van der Waals surface area (Å²) in [6.45, 7) is 1.95. The van der Waals surface area contributed by atoms with Gasteiger partial charge in [0.05, 0.1) is 7.05 Å². The molecule has 18 heavy (non-hydrogen) atoms. The Kier molecular flexibility index (Phi) is 5.03. The number of carbonyl (C=O) groups excluding carboxylic acids is 1. The van der Waals surface area contributed by atoms with Crippen LogP contribution in [-0.4, -0.2) is 43.4 Å². The van der Waals surface area contributed by atoms with Gasteiger partial charge < -0.3 is 10.4 Å². The first-order valence-electron chi connectivity index (χ1n) is 5.57. The predicted octanol–water partition coefficient (Wildman–Crippen LogP) is -0.0250. The van der Waals surface area contributed by atoms with E-state index in [0.717, 1.165) is 12.8 Å². The molecule has 1 aromatic rings. The highest BCUT2D eigenvalue weighted by molar-refractivity contribution is 5.90. The average Bonchev–Trinajstić information content (AvgIpc) is 2.69. The van der Waals surface area contributed by atoms with Gasteiger partial charge in [0.1, 0.15) is 6.04 Å². The number of unbranched alkanes of at least 4 members (excludes halogenated alkanes) is 1. The summed E-state index contributed by atoms with van der Waals surface area (Å²) in [5, 5.41) is 24.4. The Morgan fingerprint density at radius 2 is 2.22 bits per heavy atom. The van der Waals surface area contributed by atoms with E-state index in [1.165, 1.54) is 4.80 Å². The largest absolute Gasteiger partial charge is 0.480 e. The van der Waals surface area contributed by atoms with E-state index in [2.05, 4.69) is 26.0 Å². The summed E-state index contributed by atoms with van der Waals surface area (Å²) in [5.74, 6) is -1.04. The van der Waals surface area contributed by atoms with Gasteiger partial charge in [-0.2, -0.15) is 4.80 Å². The topological polar surface area (TPSA) is 122 Å². The minimum absolute atomic E-state index is 0.0228. The molecule has 1 unspecified atom stereocenters. The molecule has 1 atom stereocenters. The van der Waals surface area contributed by atoms with Gasteiger partial charge in [-0.25, -0.2) is 9.59 Å². The number of tetrazole rings is 1. The van der Waals surface area contributed by atoms with E-state index in [4.69, 9.17) is 5.11 Å². The number of urea groups is 1. The molecule has 0 fully saturated rings. The highest BCUT2D eigenvalue weighted by Crippen LogP contribution is 2.01. The van der Waals surface area contributed by atoms with Gasteiger partial charge in [-0.1, -0.05) is 24.9 Å². The molecule has 0 radical (unpaired) electrons. The molecule has 0 saturated heterocycles. The lowest BCUT2D eigenvalue weighted by Crippen LogP contribution is -2.43. The van der Waals surface area contributed by atoms with Gasteiger partial charge in [0, 0.05) is 0 Å². The molecule has 9 heteroatoms. The first kappa shape index (κ1) is 13.9. The second kappa shape index (κ2) is 6.52. The molecule has 0 spiro atoms. The first-order chi connectivity index (χ1) is 8.52. The van der Waals surface area contributed by atoms with Crippen LogP contribution in [0.2, 0.25) is 0 Å². The summed E-state index contributed by atoms with van der Waals surface area (Å²) in [6, 6.07) is -1.58. The number of rotatable bonds is 6. The molecular weight excluding hydrogens is 240 g/mol. The maximum Gasteiger partial charge on any atom is 0.326 e. The van der Waals surface area contributed by atoms with Crippen molar-refractivity contribution >= 4 is 17.9 Å². The highest BCUT2D eigenvalue weighted by atomic mass is 16.4. The van der Waals surface area contributed by atoms with Crippen molar-refractivity contribution in [2.45, 2.75) is 32.2 Å². The van der Waals surface area contributed by atoms with E-state index >= 15 is 0 Å². The van der Waals surface area contributed by atoms with Gasteiger partial charge >= 0.3 is 12.0 Å². The van der Waals surface area contributed by atoms with E-state index in [0.29, 0.717) is 6.42 Å². The van der Waals surface area contributed by atoms with Crippen LogP contribution in [0.4, 0.5) is 10.7 Å². The number of carboxylic acids is 1. The number of aromatic nitrogens is 4. The normalized spacial score (nSPS) is 11.9. The van der Waals surface area contributed by atoms with Crippen LogP contribution in [-0.2, 0) is 11.8 Å². The quantitative estimate of drug-likeness (QED) is 0.657. The molecule has 1 heterocycles. The number of hydrogen-bond donors (Lipinski definition) is 3. The number of carbonyl (C=O) groups is 2. The zero-order valence-electron chi connectivity index (χ0n) is 10.3. The number of aliphatic carboxylic acids is 1. The maximum absolute atomic E-state index is 11.5. The fraction of sp³-hybridized carbons (Fsp3) is 0.667. The third kappa shape index (κ3) is 4.36. The van der Waals surface area contributed by atoms with Crippen molar-refractivity contribution in [1.82, 2.24) is 25.5 Å². The van der Waals surface area contributed by atoms with E-state index in [-0.39, 0.29) is 5.95 Å². The van der Waals surface area contributed by atoms with Crippen molar-refractivity contribution < 1.29 is 14.7 Å². The maximum atomic E-state index is 11.5. The Hall–Kier alpha value is -2.19. The second-order valence-corrected chi connectivity index (χ2v) is 3.73. The molecule has 9 nitrogen and oxygen atoms in total. The molecule has 0 aliphatic rings.